The number of thioether (sulfide) groups is 1. The maximum Gasteiger partial charge on any atom is 0.232 e. The number of benzene rings is 1. The first-order valence-corrected chi connectivity index (χ1v) is 9.61. The third-order valence-corrected chi connectivity index (χ3v) is 4.97. The van der Waals surface area contributed by atoms with Crippen LogP contribution in [0.15, 0.2) is 29.3 Å². The molecule has 0 bridgehead atoms. The molecule has 0 N–H and O–H groups in total. The third kappa shape index (κ3) is 5.03. The second kappa shape index (κ2) is 10.0. The van der Waals surface area contributed by atoms with E-state index >= 15 is 0 Å². The molecule has 0 radical (unpaired) electrons. The van der Waals surface area contributed by atoms with Crippen LogP contribution in [0.2, 0.25) is 0 Å². The third-order valence-electron chi connectivity index (χ3n) is 4.06. The van der Waals surface area contributed by atoms with Crippen LogP contribution in [0.5, 0.6) is 17.2 Å². The SMILES string of the molecule is CCN(CC)C(=O)CSc1ccc(-c2cc(OC)c(OC)c(OC)c2)nn1. The topological polar surface area (TPSA) is 73.8 Å². The van der Waals surface area contributed by atoms with Crippen LogP contribution in [0.3, 0.4) is 0 Å². The van der Waals surface area contributed by atoms with Crippen molar-refractivity contribution in [3.8, 4) is 28.5 Å². The molecular weight excluding hydrogens is 366 g/mol. The maximum atomic E-state index is 12.1. The number of carbonyl (C=O) groups is 1. The van der Waals surface area contributed by atoms with Gasteiger partial charge in [0.2, 0.25) is 11.7 Å². The normalized spacial score (nSPS) is 10.4. The van der Waals surface area contributed by atoms with Gasteiger partial charge in [0.15, 0.2) is 11.5 Å². The first-order chi connectivity index (χ1) is 13.1. The van der Waals surface area contributed by atoms with Gasteiger partial charge >= 0.3 is 0 Å². The van der Waals surface area contributed by atoms with E-state index in [9.17, 15) is 4.79 Å². The minimum Gasteiger partial charge on any atom is -0.493 e. The second-order valence-electron chi connectivity index (χ2n) is 5.53. The summed E-state index contributed by atoms with van der Waals surface area (Å²) >= 11 is 1.38. The highest BCUT2D eigenvalue weighted by atomic mass is 32.2. The second-order valence-corrected chi connectivity index (χ2v) is 6.52. The van der Waals surface area contributed by atoms with Crippen LogP contribution in [0.25, 0.3) is 11.3 Å². The number of hydrogen-bond acceptors (Lipinski definition) is 7. The van der Waals surface area contributed by atoms with Gasteiger partial charge in [0.25, 0.3) is 0 Å². The number of amides is 1. The van der Waals surface area contributed by atoms with Crippen molar-refractivity contribution in [2.45, 2.75) is 18.9 Å². The molecule has 7 nitrogen and oxygen atoms in total. The van der Waals surface area contributed by atoms with Crippen molar-refractivity contribution in [1.82, 2.24) is 15.1 Å². The van der Waals surface area contributed by atoms with Crippen LogP contribution >= 0.6 is 11.8 Å². The number of methoxy groups -OCH3 is 3. The minimum absolute atomic E-state index is 0.0977. The van der Waals surface area contributed by atoms with Crippen LogP contribution in [-0.2, 0) is 4.79 Å². The van der Waals surface area contributed by atoms with Gasteiger partial charge in [-0.3, -0.25) is 4.79 Å². The molecule has 2 aromatic rings. The van der Waals surface area contributed by atoms with Gasteiger partial charge < -0.3 is 19.1 Å². The zero-order valence-corrected chi connectivity index (χ0v) is 17.1. The van der Waals surface area contributed by atoms with E-state index < -0.39 is 0 Å². The molecule has 0 spiro atoms. The van der Waals surface area contributed by atoms with Crippen molar-refractivity contribution >= 4 is 17.7 Å². The molecule has 146 valence electrons. The standard InChI is InChI=1S/C19H25N3O4S/c1-6-22(7-2)18(23)12-27-17-9-8-14(20-21-17)13-10-15(24-3)19(26-5)16(11-13)25-4/h8-11H,6-7,12H2,1-5H3. The number of nitrogens with zero attached hydrogens (tertiary/aromatic N) is 3. The Balaban J connectivity index is 2.16. The van der Waals surface area contributed by atoms with Crippen molar-refractivity contribution in [1.29, 1.82) is 0 Å². The average molecular weight is 391 g/mol. The van der Waals surface area contributed by atoms with E-state index in [0.29, 0.717) is 46.8 Å². The number of carbonyl (C=O) groups excluding carboxylic acids is 1. The zero-order valence-electron chi connectivity index (χ0n) is 16.3. The van der Waals surface area contributed by atoms with Gasteiger partial charge in [0, 0.05) is 18.7 Å². The Morgan fingerprint density at radius 3 is 2.07 bits per heavy atom. The first kappa shape index (κ1) is 20.8. The molecule has 0 unspecified atom stereocenters. The number of aromatic nitrogens is 2. The van der Waals surface area contributed by atoms with Gasteiger partial charge in [-0.05, 0) is 38.1 Å². The Hall–Kier alpha value is -2.48. The summed E-state index contributed by atoms with van der Waals surface area (Å²) < 4.78 is 16.1. The summed E-state index contributed by atoms with van der Waals surface area (Å²) in [5.41, 5.74) is 1.47. The van der Waals surface area contributed by atoms with E-state index in [2.05, 4.69) is 10.2 Å². The lowest BCUT2D eigenvalue weighted by Gasteiger charge is -2.17. The number of rotatable bonds is 9. The summed E-state index contributed by atoms with van der Waals surface area (Å²) in [7, 11) is 4.70. The Bertz CT molecular complexity index is 739. The highest BCUT2D eigenvalue weighted by molar-refractivity contribution is 7.99. The van der Waals surface area contributed by atoms with Crippen molar-refractivity contribution < 1.29 is 19.0 Å². The van der Waals surface area contributed by atoms with Crippen LogP contribution in [0.4, 0.5) is 0 Å². The first-order valence-electron chi connectivity index (χ1n) is 8.62. The number of ether oxygens (including phenoxy) is 3. The predicted molar refractivity (Wildman–Crippen MR) is 106 cm³/mol. The van der Waals surface area contributed by atoms with Crippen LogP contribution < -0.4 is 14.2 Å². The van der Waals surface area contributed by atoms with Crippen molar-refractivity contribution in [3.05, 3.63) is 24.3 Å². The highest BCUT2D eigenvalue weighted by Crippen LogP contribution is 2.40. The fraction of sp³-hybridized carbons (Fsp3) is 0.421. The van der Waals surface area contributed by atoms with Crippen LogP contribution in [0.1, 0.15) is 13.8 Å². The quantitative estimate of drug-likeness (QED) is 0.608. The van der Waals surface area contributed by atoms with Crippen LogP contribution in [-0.4, -0.2) is 61.2 Å². The number of hydrogen-bond donors (Lipinski definition) is 0. The van der Waals surface area contributed by atoms with E-state index in [-0.39, 0.29) is 5.91 Å². The molecule has 27 heavy (non-hydrogen) atoms. The highest BCUT2D eigenvalue weighted by Gasteiger charge is 2.15. The maximum absolute atomic E-state index is 12.1. The summed E-state index contributed by atoms with van der Waals surface area (Å²) in [6, 6.07) is 7.35. The lowest BCUT2D eigenvalue weighted by Crippen LogP contribution is -2.31. The van der Waals surface area contributed by atoms with E-state index in [1.165, 1.54) is 11.8 Å². The van der Waals surface area contributed by atoms with E-state index in [1.807, 2.05) is 38.1 Å². The molecule has 0 atom stereocenters. The largest absolute Gasteiger partial charge is 0.493 e. The molecule has 1 aromatic heterocycles. The Morgan fingerprint density at radius 1 is 1.00 bits per heavy atom. The molecule has 0 saturated carbocycles. The molecule has 0 aliphatic heterocycles. The molecule has 1 aromatic carbocycles. The van der Waals surface area contributed by atoms with Crippen molar-refractivity contribution in [2.24, 2.45) is 0 Å². The van der Waals surface area contributed by atoms with Gasteiger partial charge in [0.05, 0.1) is 32.8 Å². The Labute approximate surface area is 164 Å². The smallest absolute Gasteiger partial charge is 0.232 e. The molecule has 0 aliphatic rings. The Morgan fingerprint density at radius 2 is 1.63 bits per heavy atom. The van der Waals surface area contributed by atoms with Gasteiger partial charge in [-0.15, -0.1) is 10.2 Å². The molecule has 0 fully saturated rings. The molecule has 0 aliphatic carbocycles. The molecule has 8 heteroatoms. The summed E-state index contributed by atoms with van der Waals surface area (Å²) in [4.78, 5) is 13.9. The lowest BCUT2D eigenvalue weighted by molar-refractivity contribution is -0.127. The predicted octanol–water partition coefficient (Wildman–Crippen LogP) is 3.13. The van der Waals surface area contributed by atoms with E-state index in [0.717, 1.165) is 5.56 Å². The molecule has 0 saturated heterocycles. The van der Waals surface area contributed by atoms with Crippen molar-refractivity contribution in [2.75, 3.05) is 40.2 Å². The summed E-state index contributed by atoms with van der Waals surface area (Å²) in [6.45, 7) is 5.36. The lowest BCUT2D eigenvalue weighted by atomic mass is 10.1. The monoisotopic (exact) mass is 391 g/mol. The van der Waals surface area contributed by atoms with E-state index in [1.54, 1.807) is 26.2 Å². The summed E-state index contributed by atoms with van der Waals surface area (Å²) in [5, 5.41) is 9.19. The molecule has 1 amide bonds. The molecular formula is C19H25N3O4S. The van der Waals surface area contributed by atoms with Gasteiger partial charge in [-0.2, -0.15) is 0 Å². The van der Waals surface area contributed by atoms with Crippen molar-refractivity contribution in [3.63, 3.8) is 0 Å². The van der Waals surface area contributed by atoms with Gasteiger partial charge in [0.1, 0.15) is 5.03 Å². The zero-order chi connectivity index (χ0) is 19.8. The average Bonchev–Trinajstić information content (AvgIpc) is 2.72. The summed E-state index contributed by atoms with van der Waals surface area (Å²) in [5.74, 6) is 2.08. The van der Waals surface area contributed by atoms with Gasteiger partial charge in [-0.1, -0.05) is 11.8 Å². The summed E-state index contributed by atoms with van der Waals surface area (Å²) in [6.07, 6.45) is 0. The fourth-order valence-electron chi connectivity index (χ4n) is 2.58. The molecule has 2 rings (SSSR count). The minimum atomic E-state index is 0.0977. The molecule has 1 heterocycles. The van der Waals surface area contributed by atoms with Crippen LogP contribution in [0, 0.1) is 0 Å². The fourth-order valence-corrected chi connectivity index (χ4v) is 3.30. The Kier molecular flexibility index (Phi) is 7.72. The van der Waals surface area contributed by atoms with E-state index in [4.69, 9.17) is 14.2 Å². The van der Waals surface area contributed by atoms with Gasteiger partial charge in [-0.25, -0.2) is 0 Å².